The van der Waals surface area contributed by atoms with Gasteiger partial charge in [0.05, 0.1) is 11.4 Å². The van der Waals surface area contributed by atoms with E-state index in [4.69, 9.17) is 4.74 Å². The number of guanidine groups is 1. The Kier molecular flexibility index (Phi) is 11.0. The molecule has 0 bridgehead atoms. The molecule has 164 valence electrons. The molecule has 2 N–H and O–H groups in total. The molecule has 0 atom stereocenters. The number of halogens is 1. The summed E-state index contributed by atoms with van der Waals surface area (Å²) in [7, 11) is -1.42. The molecule has 1 aromatic carbocycles. The third kappa shape index (κ3) is 9.35. The number of piperidine rings is 1. The number of nitrogens with one attached hydrogen (secondary N) is 2. The molecule has 0 aliphatic carbocycles. The van der Waals surface area contributed by atoms with Crippen molar-refractivity contribution < 1.29 is 13.2 Å². The normalized spacial score (nSPS) is 16.0. The summed E-state index contributed by atoms with van der Waals surface area (Å²) >= 11 is 0. The van der Waals surface area contributed by atoms with Crippen LogP contribution >= 0.6 is 24.0 Å². The van der Waals surface area contributed by atoms with Crippen LogP contribution in [0.4, 0.5) is 0 Å². The Bertz CT molecular complexity index is 773. The number of hydrogen-bond donors (Lipinski definition) is 2. The van der Waals surface area contributed by atoms with Gasteiger partial charge in [-0.25, -0.2) is 8.42 Å². The van der Waals surface area contributed by atoms with Crippen molar-refractivity contribution >= 4 is 39.8 Å². The fraction of sp³-hybridized carbons (Fsp3) is 0.550. The molecule has 0 spiro atoms. The van der Waals surface area contributed by atoms with E-state index < -0.39 is 9.84 Å². The first-order chi connectivity index (χ1) is 13.3. The fourth-order valence-electron chi connectivity index (χ4n) is 3.13. The minimum atomic E-state index is -3.18. The molecule has 7 nitrogen and oxygen atoms in total. The van der Waals surface area contributed by atoms with Gasteiger partial charge in [-0.1, -0.05) is 12.2 Å². The van der Waals surface area contributed by atoms with Crippen LogP contribution in [0, 0.1) is 0 Å². The van der Waals surface area contributed by atoms with Crippen LogP contribution in [0.1, 0.15) is 19.8 Å². The highest BCUT2D eigenvalue weighted by Crippen LogP contribution is 2.15. The molecule has 2 rings (SSSR count). The average Bonchev–Trinajstić information content (AvgIpc) is 2.65. The van der Waals surface area contributed by atoms with E-state index in [-0.39, 0.29) is 28.9 Å². The number of aliphatic imine (C=N–C) groups is 1. The maximum Gasteiger partial charge on any atom is 0.191 e. The molecular weight excluding hydrogens is 503 g/mol. The summed E-state index contributed by atoms with van der Waals surface area (Å²) in [6.07, 6.45) is 3.35. The van der Waals surface area contributed by atoms with Gasteiger partial charge in [0.25, 0.3) is 0 Å². The van der Waals surface area contributed by atoms with Crippen molar-refractivity contribution in [2.45, 2.75) is 30.7 Å². The quantitative estimate of drug-likeness (QED) is 0.175. The van der Waals surface area contributed by atoms with E-state index in [1.807, 2.05) is 0 Å². The summed E-state index contributed by atoms with van der Waals surface area (Å²) in [5.41, 5.74) is 1.20. The Labute approximate surface area is 191 Å². The Morgan fingerprint density at radius 2 is 1.90 bits per heavy atom. The van der Waals surface area contributed by atoms with Crippen molar-refractivity contribution in [3.63, 3.8) is 0 Å². The highest BCUT2D eigenvalue weighted by molar-refractivity contribution is 14.0. The maximum absolute atomic E-state index is 11.5. The van der Waals surface area contributed by atoms with E-state index in [1.165, 1.54) is 11.8 Å². The van der Waals surface area contributed by atoms with Crippen LogP contribution < -0.4 is 15.4 Å². The van der Waals surface area contributed by atoms with E-state index in [1.54, 1.807) is 31.3 Å². The molecule has 1 aromatic rings. The second-order valence-corrected chi connectivity index (χ2v) is 9.26. The van der Waals surface area contributed by atoms with Crippen molar-refractivity contribution in [1.82, 2.24) is 15.5 Å². The predicted molar refractivity (Wildman–Crippen MR) is 129 cm³/mol. The van der Waals surface area contributed by atoms with Gasteiger partial charge in [0, 0.05) is 39.0 Å². The summed E-state index contributed by atoms with van der Waals surface area (Å²) < 4.78 is 28.6. The van der Waals surface area contributed by atoms with Gasteiger partial charge in [0.1, 0.15) is 12.4 Å². The van der Waals surface area contributed by atoms with E-state index in [0.29, 0.717) is 24.9 Å². The summed E-state index contributed by atoms with van der Waals surface area (Å²) in [4.78, 5) is 7.00. The molecule has 0 saturated carbocycles. The summed E-state index contributed by atoms with van der Waals surface area (Å²) in [5, 5.41) is 6.73. The van der Waals surface area contributed by atoms with Crippen LogP contribution in [-0.4, -0.2) is 71.4 Å². The van der Waals surface area contributed by atoms with Gasteiger partial charge in [-0.2, -0.15) is 0 Å². The highest BCUT2D eigenvalue weighted by atomic mass is 127. The first-order valence-electron chi connectivity index (χ1n) is 9.55. The van der Waals surface area contributed by atoms with Crippen molar-refractivity contribution in [2.75, 3.05) is 46.1 Å². The molecule has 0 amide bonds. The molecule has 29 heavy (non-hydrogen) atoms. The molecule has 0 unspecified atom stereocenters. The second-order valence-electron chi connectivity index (χ2n) is 7.24. The average molecular weight is 536 g/mol. The second kappa shape index (κ2) is 12.4. The smallest absolute Gasteiger partial charge is 0.191 e. The van der Waals surface area contributed by atoms with Gasteiger partial charge in [0.15, 0.2) is 15.8 Å². The van der Waals surface area contributed by atoms with E-state index in [2.05, 4.69) is 34.0 Å². The SMILES string of the molecule is C=C(C)CN1CCC(NC(=NC)NCCOc2ccc(S(C)(=O)=O)cc2)CC1.I. The summed E-state index contributed by atoms with van der Waals surface area (Å²) in [6.45, 7) is 10.2. The van der Waals surface area contributed by atoms with E-state index in [0.717, 1.165) is 38.4 Å². The molecule has 1 fully saturated rings. The predicted octanol–water partition coefficient (Wildman–Crippen LogP) is 2.29. The third-order valence-corrected chi connectivity index (χ3v) is 5.69. The molecule has 1 heterocycles. The Morgan fingerprint density at radius 3 is 2.41 bits per heavy atom. The van der Waals surface area contributed by atoms with Crippen molar-refractivity contribution in [2.24, 2.45) is 4.99 Å². The molecular formula is C20H33IN4O3S. The van der Waals surface area contributed by atoms with Gasteiger partial charge >= 0.3 is 0 Å². The highest BCUT2D eigenvalue weighted by Gasteiger charge is 2.19. The monoisotopic (exact) mass is 536 g/mol. The van der Waals surface area contributed by atoms with Crippen molar-refractivity contribution in [3.8, 4) is 5.75 Å². The number of ether oxygens (including phenoxy) is 1. The summed E-state index contributed by atoms with van der Waals surface area (Å²) in [5.74, 6) is 1.41. The lowest BCUT2D eigenvalue weighted by molar-refractivity contribution is 0.221. The minimum Gasteiger partial charge on any atom is -0.492 e. The molecule has 9 heteroatoms. The van der Waals surface area contributed by atoms with Crippen molar-refractivity contribution in [1.29, 1.82) is 0 Å². The van der Waals surface area contributed by atoms with Crippen LogP contribution in [0.3, 0.4) is 0 Å². The Morgan fingerprint density at radius 1 is 1.28 bits per heavy atom. The number of benzene rings is 1. The van der Waals surface area contributed by atoms with Gasteiger partial charge < -0.3 is 15.4 Å². The van der Waals surface area contributed by atoms with Gasteiger partial charge in [0.2, 0.25) is 0 Å². The largest absolute Gasteiger partial charge is 0.492 e. The molecule has 0 aromatic heterocycles. The lowest BCUT2D eigenvalue weighted by Crippen LogP contribution is -2.49. The topological polar surface area (TPSA) is 83.0 Å². The van der Waals surface area contributed by atoms with Crippen LogP contribution in [-0.2, 0) is 9.84 Å². The molecule has 1 aliphatic heterocycles. The van der Waals surface area contributed by atoms with Crippen LogP contribution in [0.2, 0.25) is 0 Å². The molecule has 1 aliphatic rings. The standard InChI is InChI=1S/C20H32N4O3S.HI/c1-16(2)15-24-12-9-17(10-13-24)23-20(21-3)22-11-14-27-18-5-7-19(8-6-18)28(4,25)26;/h5-8,17H,1,9-15H2,2-4H3,(H2,21,22,23);1H. The molecule has 1 saturated heterocycles. The van der Waals surface area contributed by atoms with Gasteiger partial charge in [-0.05, 0) is 44.0 Å². The number of sulfone groups is 1. The zero-order valence-electron chi connectivity index (χ0n) is 17.5. The number of hydrogen-bond acceptors (Lipinski definition) is 5. The van der Waals surface area contributed by atoms with Gasteiger partial charge in [-0.15, -0.1) is 24.0 Å². The Balaban J connectivity index is 0.00000420. The lowest BCUT2D eigenvalue weighted by atomic mass is 10.0. The van der Waals surface area contributed by atoms with Crippen LogP contribution in [0.25, 0.3) is 0 Å². The first-order valence-corrected chi connectivity index (χ1v) is 11.4. The zero-order chi connectivity index (χ0) is 20.6. The first kappa shape index (κ1) is 25.7. The Hall–Kier alpha value is -1.33. The maximum atomic E-state index is 11.5. The molecule has 0 radical (unpaired) electrons. The number of rotatable bonds is 8. The van der Waals surface area contributed by atoms with Crippen molar-refractivity contribution in [3.05, 3.63) is 36.4 Å². The van der Waals surface area contributed by atoms with Crippen LogP contribution in [0.5, 0.6) is 5.75 Å². The van der Waals surface area contributed by atoms with Crippen LogP contribution in [0.15, 0.2) is 46.3 Å². The lowest BCUT2D eigenvalue weighted by Gasteiger charge is -2.33. The zero-order valence-corrected chi connectivity index (χ0v) is 20.6. The van der Waals surface area contributed by atoms with Gasteiger partial charge in [-0.3, -0.25) is 9.89 Å². The third-order valence-electron chi connectivity index (χ3n) is 4.56. The van der Waals surface area contributed by atoms with E-state index in [9.17, 15) is 8.42 Å². The number of nitrogens with zero attached hydrogens (tertiary/aromatic N) is 2. The fourth-order valence-corrected chi connectivity index (χ4v) is 3.76. The minimum absolute atomic E-state index is 0. The number of likely N-dealkylation sites (tertiary alicyclic amines) is 1. The summed E-state index contributed by atoms with van der Waals surface area (Å²) in [6, 6.07) is 6.86. The van der Waals surface area contributed by atoms with E-state index >= 15 is 0 Å².